The van der Waals surface area contributed by atoms with E-state index in [0.29, 0.717) is 34.7 Å². The van der Waals surface area contributed by atoms with Crippen molar-refractivity contribution in [2.75, 3.05) is 13.1 Å². The number of nitrogens with zero attached hydrogens (tertiary/aromatic N) is 2. The Balaban J connectivity index is 0.00000192. The lowest BCUT2D eigenvalue weighted by Crippen LogP contribution is -2.33. The first-order valence-corrected chi connectivity index (χ1v) is 7.93. The second-order valence-electron chi connectivity index (χ2n) is 6.26. The van der Waals surface area contributed by atoms with Gasteiger partial charge in [0.25, 0.3) is 0 Å². The maximum absolute atomic E-state index is 13.6. The zero-order chi connectivity index (χ0) is 15.5. The molecule has 1 aromatic carbocycles. The first-order chi connectivity index (χ1) is 10.6. The van der Waals surface area contributed by atoms with Crippen LogP contribution in [0.2, 0.25) is 0 Å². The number of benzene rings is 1. The molecule has 0 amide bonds. The van der Waals surface area contributed by atoms with Crippen LogP contribution in [0, 0.1) is 24.6 Å². The molecule has 1 aliphatic heterocycles. The highest BCUT2D eigenvalue weighted by atomic mass is 35.5. The first-order valence-electron chi connectivity index (χ1n) is 7.93. The van der Waals surface area contributed by atoms with Crippen molar-refractivity contribution in [1.82, 2.24) is 15.5 Å². The fourth-order valence-electron chi connectivity index (χ4n) is 2.99. The maximum atomic E-state index is 13.6. The van der Waals surface area contributed by atoms with E-state index in [1.54, 1.807) is 13.0 Å². The predicted octanol–water partition coefficient (Wildman–Crippen LogP) is 3.78. The summed E-state index contributed by atoms with van der Waals surface area (Å²) in [4.78, 5) is 4.42. The SMILES string of the molecule is Cc1ccc(-c2noc(CC(C)C3CCCNC3)n2)cc1F.Cl. The summed E-state index contributed by atoms with van der Waals surface area (Å²) in [6, 6.07) is 5.01. The molecule has 2 aromatic rings. The molecule has 6 heteroatoms. The topological polar surface area (TPSA) is 51.0 Å². The molecule has 1 saturated heterocycles. The molecule has 1 aliphatic rings. The molecule has 2 atom stereocenters. The molecule has 126 valence electrons. The summed E-state index contributed by atoms with van der Waals surface area (Å²) < 4.78 is 19.0. The van der Waals surface area contributed by atoms with Crippen molar-refractivity contribution in [2.45, 2.75) is 33.1 Å². The van der Waals surface area contributed by atoms with Gasteiger partial charge in [0, 0.05) is 12.0 Å². The lowest BCUT2D eigenvalue weighted by Gasteiger charge is -2.27. The summed E-state index contributed by atoms with van der Waals surface area (Å²) >= 11 is 0. The highest BCUT2D eigenvalue weighted by Crippen LogP contribution is 2.24. The van der Waals surface area contributed by atoms with E-state index in [4.69, 9.17) is 4.52 Å². The fraction of sp³-hybridized carbons (Fsp3) is 0.529. The molecule has 2 heterocycles. The minimum absolute atomic E-state index is 0. The Hall–Kier alpha value is -1.46. The van der Waals surface area contributed by atoms with E-state index in [1.165, 1.54) is 18.9 Å². The van der Waals surface area contributed by atoms with Gasteiger partial charge >= 0.3 is 0 Å². The monoisotopic (exact) mass is 339 g/mol. The minimum atomic E-state index is -0.245. The molecule has 1 aromatic heterocycles. The number of hydrogen-bond acceptors (Lipinski definition) is 4. The summed E-state index contributed by atoms with van der Waals surface area (Å²) in [5.74, 6) is 2.00. The van der Waals surface area contributed by atoms with Crippen LogP contribution in [0.5, 0.6) is 0 Å². The Morgan fingerprint density at radius 1 is 1.43 bits per heavy atom. The third-order valence-electron chi connectivity index (χ3n) is 4.53. The van der Waals surface area contributed by atoms with Gasteiger partial charge in [-0.3, -0.25) is 0 Å². The third-order valence-corrected chi connectivity index (χ3v) is 4.53. The Bertz CT molecular complexity index is 641. The summed E-state index contributed by atoms with van der Waals surface area (Å²) in [6.45, 7) is 6.14. The van der Waals surface area contributed by atoms with Crippen molar-refractivity contribution >= 4 is 12.4 Å². The number of aromatic nitrogens is 2. The molecule has 0 saturated carbocycles. The van der Waals surface area contributed by atoms with Gasteiger partial charge in [-0.05, 0) is 56.3 Å². The molecule has 3 rings (SSSR count). The van der Waals surface area contributed by atoms with Gasteiger partial charge in [0.15, 0.2) is 0 Å². The van der Waals surface area contributed by atoms with E-state index in [1.807, 2.05) is 6.07 Å². The standard InChI is InChI=1S/C17H22FN3O.ClH/c1-11-5-6-13(9-15(11)18)17-20-16(22-21-17)8-12(2)14-4-3-7-19-10-14;/h5-6,9,12,14,19H,3-4,7-8,10H2,1-2H3;1H. The largest absolute Gasteiger partial charge is 0.339 e. The lowest BCUT2D eigenvalue weighted by atomic mass is 9.85. The van der Waals surface area contributed by atoms with Gasteiger partial charge < -0.3 is 9.84 Å². The smallest absolute Gasteiger partial charge is 0.227 e. The normalized spacial score (nSPS) is 19.2. The van der Waals surface area contributed by atoms with E-state index < -0.39 is 0 Å². The zero-order valence-corrected chi connectivity index (χ0v) is 14.3. The van der Waals surface area contributed by atoms with Gasteiger partial charge in [0.1, 0.15) is 5.82 Å². The number of nitrogens with one attached hydrogen (secondary N) is 1. The number of aryl methyl sites for hydroxylation is 1. The zero-order valence-electron chi connectivity index (χ0n) is 13.5. The van der Waals surface area contributed by atoms with E-state index in [0.717, 1.165) is 19.5 Å². The Kier molecular flexibility index (Phi) is 6.13. The van der Waals surface area contributed by atoms with Crippen LogP contribution < -0.4 is 5.32 Å². The molecule has 1 N–H and O–H groups in total. The van der Waals surface area contributed by atoms with Crippen molar-refractivity contribution in [2.24, 2.45) is 11.8 Å². The van der Waals surface area contributed by atoms with Crippen molar-refractivity contribution in [3.8, 4) is 11.4 Å². The average molecular weight is 340 g/mol. The average Bonchev–Trinajstić information content (AvgIpc) is 2.99. The second kappa shape index (κ2) is 7.88. The van der Waals surface area contributed by atoms with Crippen LogP contribution in [0.15, 0.2) is 22.7 Å². The van der Waals surface area contributed by atoms with Crippen LogP contribution in [0.25, 0.3) is 11.4 Å². The van der Waals surface area contributed by atoms with Crippen molar-refractivity contribution in [3.05, 3.63) is 35.5 Å². The van der Waals surface area contributed by atoms with Crippen LogP contribution in [-0.4, -0.2) is 23.2 Å². The quantitative estimate of drug-likeness (QED) is 0.920. The predicted molar refractivity (Wildman–Crippen MR) is 90.1 cm³/mol. The molecule has 0 aliphatic carbocycles. The van der Waals surface area contributed by atoms with E-state index in [-0.39, 0.29) is 18.2 Å². The number of piperidine rings is 1. The van der Waals surface area contributed by atoms with Crippen LogP contribution in [0.4, 0.5) is 4.39 Å². The maximum Gasteiger partial charge on any atom is 0.227 e. The van der Waals surface area contributed by atoms with Gasteiger partial charge in [-0.2, -0.15) is 4.98 Å². The summed E-state index contributed by atoms with van der Waals surface area (Å²) in [5.41, 5.74) is 1.27. The Labute approximate surface area is 142 Å². The molecule has 1 fully saturated rings. The van der Waals surface area contributed by atoms with Gasteiger partial charge in [-0.15, -0.1) is 12.4 Å². The van der Waals surface area contributed by atoms with E-state index in [2.05, 4.69) is 22.4 Å². The number of hydrogen-bond donors (Lipinski definition) is 1. The fourth-order valence-corrected chi connectivity index (χ4v) is 2.99. The summed E-state index contributed by atoms with van der Waals surface area (Å²) in [5, 5.41) is 7.42. The van der Waals surface area contributed by atoms with Crippen LogP contribution in [-0.2, 0) is 6.42 Å². The van der Waals surface area contributed by atoms with E-state index in [9.17, 15) is 4.39 Å². The van der Waals surface area contributed by atoms with Crippen LogP contribution in [0.1, 0.15) is 31.2 Å². The molecule has 0 bridgehead atoms. The number of halogens is 2. The van der Waals surface area contributed by atoms with Gasteiger partial charge in [-0.25, -0.2) is 4.39 Å². The molecular weight excluding hydrogens is 317 g/mol. The van der Waals surface area contributed by atoms with Crippen molar-refractivity contribution in [1.29, 1.82) is 0 Å². The highest BCUT2D eigenvalue weighted by Gasteiger charge is 2.22. The third kappa shape index (κ3) is 4.30. The molecule has 4 nitrogen and oxygen atoms in total. The van der Waals surface area contributed by atoms with Crippen LogP contribution >= 0.6 is 12.4 Å². The van der Waals surface area contributed by atoms with Gasteiger partial charge in [-0.1, -0.05) is 24.2 Å². The highest BCUT2D eigenvalue weighted by molar-refractivity contribution is 5.85. The van der Waals surface area contributed by atoms with Crippen molar-refractivity contribution in [3.63, 3.8) is 0 Å². The molecule has 0 spiro atoms. The minimum Gasteiger partial charge on any atom is -0.339 e. The Morgan fingerprint density at radius 2 is 2.26 bits per heavy atom. The number of rotatable bonds is 4. The van der Waals surface area contributed by atoms with E-state index >= 15 is 0 Å². The second-order valence-corrected chi connectivity index (χ2v) is 6.26. The lowest BCUT2D eigenvalue weighted by molar-refractivity contribution is 0.257. The molecule has 0 radical (unpaired) electrons. The van der Waals surface area contributed by atoms with Crippen molar-refractivity contribution < 1.29 is 8.91 Å². The van der Waals surface area contributed by atoms with Gasteiger partial charge in [0.2, 0.25) is 11.7 Å². The molecule has 23 heavy (non-hydrogen) atoms. The summed E-state index contributed by atoms with van der Waals surface area (Å²) in [6.07, 6.45) is 3.25. The first kappa shape index (κ1) is 17.9. The molecular formula is C17H23ClFN3O. The molecule has 2 unspecified atom stereocenters. The summed E-state index contributed by atoms with van der Waals surface area (Å²) in [7, 11) is 0. The van der Waals surface area contributed by atoms with Gasteiger partial charge in [0.05, 0.1) is 0 Å². The van der Waals surface area contributed by atoms with Crippen LogP contribution in [0.3, 0.4) is 0 Å². The Morgan fingerprint density at radius 3 is 2.96 bits per heavy atom.